The van der Waals surface area contributed by atoms with Crippen LogP contribution in [-0.2, 0) is 15.9 Å². The van der Waals surface area contributed by atoms with Crippen molar-refractivity contribution < 1.29 is 13.9 Å². The van der Waals surface area contributed by atoms with Gasteiger partial charge in [-0.25, -0.2) is 4.39 Å². The van der Waals surface area contributed by atoms with Crippen LogP contribution in [-0.4, -0.2) is 32.3 Å². The summed E-state index contributed by atoms with van der Waals surface area (Å²) in [7, 11) is 1.67. The number of halogens is 2. The summed E-state index contributed by atoms with van der Waals surface area (Å²) in [6.07, 6.45) is 3.13. The summed E-state index contributed by atoms with van der Waals surface area (Å²) in [6, 6.07) is 6.77. The number of hydrogen-bond acceptors (Lipinski definition) is 2. The molecule has 0 heterocycles. The summed E-state index contributed by atoms with van der Waals surface area (Å²) in [4.78, 5) is 0. The first-order chi connectivity index (χ1) is 9.26. The molecule has 4 heteroatoms. The molecule has 0 N–H and O–H groups in total. The standard InChI is InChI=1S/C15H22BrFO2/c1-18-9-10-19-8-2-3-14(12-16)11-13-4-6-15(17)7-5-13/h4-7,14H,2-3,8-12H2,1H3. The van der Waals surface area contributed by atoms with Crippen molar-refractivity contribution in [2.75, 3.05) is 32.3 Å². The van der Waals surface area contributed by atoms with Crippen molar-refractivity contribution in [3.8, 4) is 0 Å². The molecule has 0 saturated heterocycles. The van der Waals surface area contributed by atoms with E-state index in [1.54, 1.807) is 7.11 Å². The Morgan fingerprint density at radius 3 is 2.53 bits per heavy atom. The van der Waals surface area contributed by atoms with Gasteiger partial charge in [-0.15, -0.1) is 0 Å². The average Bonchev–Trinajstić information content (AvgIpc) is 2.43. The lowest BCUT2D eigenvalue weighted by Gasteiger charge is -2.14. The fourth-order valence-electron chi connectivity index (χ4n) is 1.91. The molecule has 0 aliphatic heterocycles. The third-order valence-electron chi connectivity index (χ3n) is 2.99. The Morgan fingerprint density at radius 1 is 1.16 bits per heavy atom. The smallest absolute Gasteiger partial charge is 0.123 e. The fraction of sp³-hybridized carbons (Fsp3) is 0.600. The van der Waals surface area contributed by atoms with Crippen molar-refractivity contribution in [3.63, 3.8) is 0 Å². The second-order valence-corrected chi connectivity index (χ2v) is 5.25. The van der Waals surface area contributed by atoms with Gasteiger partial charge < -0.3 is 9.47 Å². The number of alkyl halides is 1. The number of benzene rings is 1. The van der Waals surface area contributed by atoms with Gasteiger partial charge in [-0.05, 0) is 42.9 Å². The van der Waals surface area contributed by atoms with Crippen LogP contribution < -0.4 is 0 Å². The maximum Gasteiger partial charge on any atom is 0.123 e. The lowest BCUT2D eigenvalue weighted by Crippen LogP contribution is -2.09. The van der Waals surface area contributed by atoms with Crippen molar-refractivity contribution >= 4 is 15.9 Å². The number of methoxy groups -OCH3 is 1. The van der Waals surface area contributed by atoms with Gasteiger partial charge in [-0.3, -0.25) is 0 Å². The Bertz CT molecular complexity index is 329. The zero-order valence-electron chi connectivity index (χ0n) is 11.4. The van der Waals surface area contributed by atoms with E-state index in [1.807, 2.05) is 12.1 Å². The highest BCUT2D eigenvalue weighted by Crippen LogP contribution is 2.17. The molecule has 0 bridgehead atoms. The molecule has 0 saturated carbocycles. The molecule has 0 radical (unpaired) electrons. The zero-order valence-corrected chi connectivity index (χ0v) is 13.0. The molecular formula is C15H22BrFO2. The molecule has 2 nitrogen and oxygen atoms in total. The number of ether oxygens (including phenoxy) is 2. The predicted molar refractivity (Wildman–Crippen MR) is 79.3 cm³/mol. The van der Waals surface area contributed by atoms with E-state index < -0.39 is 0 Å². The van der Waals surface area contributed by atoms with Gasteiger partial charge in [-0.1, -0.05) is 28.1 Å². The van der Waals surface area contributed by atoms with Crippen LogP contribution in [0.15, 0.2) is 24.3 Å². The largest absolute Gasteiger partial charge is 0.382 e. The average molecular weight is 333 g/mol. The summed E-state index contributed by atoms with van der Waals surface area (Å²) in [5.74, 6) is 0.391. The molecule has 0 fully saturated rings. The van der Waals surface area contributed by atoms with Crippen LogP contribution in [0.5, 0.6) is 0 Å². The highest BCUT2D eigenvalue weighted by atomic mass is 79.9. The Morgan fingerprint density at radius 2 is 1.89 bits per heavy atom. The molecular weight excluding hydrogens is 311 g/mol. The second-order valence-electron chi connectivity index (χ2n) is 4.60. The molecule has 0 amide bonds. The monoisotopic (exact) mass is 332 g/mol. The van der Waals surface area contributed by atoms with Gasteiger partial charge in [0, 0.05) is 19.0 Å². The Kier molecular flexibility index (Phi) is 9.05. The third kappa shape index (κ3) is 7.65. The summed E-state index contributed by atoms with van der Waals surface area (Å²) >= 11 is 3.55. The van der Waals surface area contributed by atoms with Crippen LogP contribution in [0.1, 0.15) is 18.4 Å². The molecule has 0 spiro atoms. The van der Waals surface area contributed by atoms with E-state index in [2.05, 4.69) is 15.9 Å². The van der Waals surface area contributed by atoms with E-state index in [-0.39, 0.29) is 5.82 Å². The van der Waals surface area contributed by atoms with Crippen LogP contribution in [0.4, 0.5) is 4.39 Å². The van der Waals surface area contributed by atoms with Gasteiger partial charge >= 0.3 is 0 Å². The first kappa shape index (κ1) is 16.6. The van der Waals surface area contributed by atoms with E-state index in [0.717, 1.165) is 31.2 Å². The molecule has 1 unspecified atom stereocenters. The van der Waals surface area contributed by atoms with E-state index in [1.165, 1.54) is 17.7 Å². The summed E-state index contributed by atoms with van der Waals surface area (Å²) in [5.41, 5.74) is 1.19. The van der Waals surface area contributed by atoms with Gasteiger partial charge in [0.25, 0.3) is 0 Å². The van der Waals surface area contributed by atoms with Crippen molar-refractivity contribution in [1.82, 2.24) is 0 Å². The minimum atomic E-state index is -0.175. The van der Waals surface area contributed by atoms with Gasteiger partial charge in [0.05, 0.1) is 13.2 Å². The molecule has 0 aliphatic rings. The summed E-state index contributed by atoms with van der Waals surface area (Å²) < 4.78 is 23.2. The van der Waals surface area contributed by atoms with Crippen molar-refractivity contribution in [1.29, 1.82) is 0 Å². The highest BCUT2D eigenvalue weighted by Gasteiger charge is 2.08. The van der Waals surface area contributed by atoms with Gasteiger partial charge in [0.2, 0.25) is 0 Å². The van der Waals surface area contributed by atoms with E-state index in [0.29, 0.717) is 19.1 Å². The molecule has 1 atom stereocenters. The molecule has 1 aromatic carbocycles. The zero-order chi connectivity index (χ0) is 13.9. The lowest BCUT2D eigenvalue weighted by molar-refractivity contribution is 0.0675. The number of hydrogen-bond donors (Lipinski definition) is 0. The molecule has 1 rings (SSSR count). The van der Waals surface area contributed by atoms with E-state index in [9.17, 15) is 4.39 Å². The van der Waals surface area contributed by atoms with Crippen LogP contribution in [0.3, 0.4) is 0 Å². The second kappa shape index (κ2) is 10.4. The SMILES string of the molecule is COCCOCCCC(CBr)Cc1ccc(F)cc1. The summed E-state index contributed by atoms with van der Waals surface area (Å²) in [6.45, 7) is 2.08. The maximum absolute atomic E-state index is 12.8. The van der Waals surface area contributed by atoms with E-state index in [4.69, 9.17) is 9.47 Å². The van der Waals surface area contributed by atoms with E-state index >= 15 is 0 Å². The lowest BCUT2D eigenvalue weighted by atomic mass is 9.97. The maximum atomic E-state index is 12.8. The van der Waals surface area contributed by atoms with Crippen LogP contribution in [0, 0.1) is 11.7 Å². The molecule has 108 valence electrons. The first-order valence-electron chi connectivity index (χ1n) is 6.63. The Labute approximate surface area is 123 Å². The Hall–Kier alpha value is -0.450. The number of rotatable bonds is 10. The minimum absolute atomic E-state index is 0.175. The van der Waals surface area contributed by atoms with Crippen molar-refractivity contribution in [2.24, 2.45) is 5.92 Å². The quantitative estimate of drug-likeness (QED) is 0.479. The molecule has 1 aromatic rings. The van der Waals surface area contributed by atoms with Crippen LogP contribution in [0.2, 0.25) is 0 Å². The van der Waals surface area contributed by atoms with Crippen LogP contribution in [0.25, 0.3) is 0 Å². The highest BCUT2D eigenvalue weighted by molar-refractivity contribution is 9.09. The topological polar surface area (TPSA) is 18.5 Å². The van der Waals surface area contributed by atoms with Gasteiger partial charge in [0.15, 0.2) is 0 Å². The normalized spacial score (nSPS) is 12.6. The summed E-state index contributed by atoms with van der Waals surface area (Å²) in [5, 5.41) is 0.961. The van der Waals surface area contributed by atoms with Crippen molar-refractivity contribution in [2.45, 2.75) is 19.3 Å². The fourth-order valence-corrected chi connectivity index (χ4v) is 2.46. The van der Waals surface area contributed by atoms with Crippen LogP contribution >= 0.6 is 15.9 Å². The van der Waals surface area contributed by atoms with Gasteiger partial charge in [-0.2, -0.15) is 0 Å². The minimum Gasteiger partial charge on any atom is -0.382 e. The molecule has 0 aromatic heterocycles. The predicted octanol–water partition coefficient (Wildman–Crippen LogP) is 3.82. The Balaban J connectivity index is 2.20. The van der Waals surface area contributed by atoms with Gasteiger partial charge in [0.1, 0.15) is 5.82 Å². The molecule has 19 heavy (non-hydrogen) atoms. The van der Waals surface area contributed by atoms with Crippen molar-refractivity contribution in [3.05, 3.63) is 35.6 Å². The first-order valence-corrected chi connectivity index (χ1v) is 7.75. The molecule has 0 aliphatic carbocycles. The third-order valence-corrected chi connectivity index (χ3v) is 3.90.